The van der Waals surface area contributed by atoms with Crippen LogP contribution in [0.15, 0.2) is 18.2 Å². The molecule has 84 valence electrons. The smallest absolute Gasteiger partial charge is 0.161 e. The number of benzene rings is 1. The second-order valence-corrected chi connectivity index (χ2v) is 3.72. The van der Waals surface area contributed by atoms with E-state index < -0.39 is 11.6 Å². The molecular weight excluding hydrogens is 236 g/mol. The molecule has 1 aromatic carbocycles. The summed E-state index contributed by atoms with van der Waals surface area (Å²) in [5, 5.41) is 0.719. The minimum Gasteiger partial charge on any atom is -0.378 e. The first-order valence-electron chi connectivity index (χ1n) is 4.55. The van der Waals surface area contributed by atoms with Gasteiger partial charge in [0.1, 0.15) is 0 Å². The Balaban J connectivity index is 2.67. The lowest BCUT2D eigenvalue weighted by molar-refractivity contribution is 0.182. The quantitative estimate of drug-likeness (QED) is 0.807. The van der Waals surface area contributed by atoms with Crippen molar-refractivity contribution in [3.8, 4) is 0 Å². The van der Waals surface area contributed by atoms with Crippen molar-refractivity contribution in [3.05, 3.63) is 40.6 Å². The van der Waals surface area contributed by atoms with Crippen LogP contribution >= 0.6 is 11.6 Å². The Labute approximate surface area is 95.8 Å². The van der Waals surface area contributed by atoms with Gasteiger partial charge in [-0.1, -0.05) is 11.6 Å². The molecule has 0 N–H and O–H groups in total. The molecule has 0 aliphatic carbocycles. The molecule has 0 aliphatic rings. The van der Waals surface area contributed by atoms with Gasteiger partial charge in [0.05, 0.1) is 22.8 Å². The molecule has 0 amide bonds. The van der Waals surface area contributed by atoms with Gasteiger partial charge in [-0.2, -0.15) is 0 Å². The minimum atomic E-state index is -0.939. The average Bonchev–Trinajstić information content (AvgIpc) is 2.22. The van der Waals surface area contributed by atoms with Crippen LogP contribution in [0.25, 0.3) is 10.9 Å². The number of hydrogen-bond donors (Lipinski definition) is 0. The van der Waals surface area contributed by atoms with Crippen molar-refractivity contribution >= 4 is 22.5 Å². The normalized spacial score (nSPS) is 11.0. The van der Waals surface area contributed by atoms with Crippen LogP contribution in [0.1, 0.15) is 5.69 Å². The van der Waals surface area contributed by atoms with Crippen molar-refractivity contribution in [2.24, 2.45) is 0 Å². The topological polar surface area (TPSA) is 22.1 Å². The average molecular weight is 244 g/mol. The number of nitrogens with zero attached hydrogens (tertiary/aromatic N) is 1. The SMILES string of the molecule is COCc1cc(Cl)c2cc(F)c(F)cc2n1. The summed E-state index contributed by atoms with van der Waals surface area (Å²) < 4.78 is 30.9. The van der Waals surface area contributed by atoms with Gasteiger partial charge < -0.3 is 4.74 Å². The predicted molar refractivity (Wildman–Crippen MR) is 57.4 cm³/mol. The maximum atomic E-state index is 13.0. The fourth-order valence-corrected chi connectivity index (χ4v) is 1.73. The van der Waals surface area contributed by atoms with E-state index in [1.807, 2.05) is 0 Å². The maximum absolute atomic E-state index is 13.0. The summed E-state index contributed by atoms with van der Waals surface area (Å²) in [5.74, 6) is -1.87. The van der Waals surface area contributed by atoms with Crippen LogP contribution in [0.2, 0.25) is 5.02 Å². The van der Waals surface area contributed by atoms with Crippen molar-refractivity contribution in [1.82, 2.24) is 4.98 Å². The summed E-state index contributed by atoms with van der Waals surface area (Å²) in [4.78, 5) is 4.11. The highest BCUT2D eigenvalue weighted by molar-refractivity contribution is 6.35. The van der Waals surface area contributed by atoms with Crippen molar-refractivity contribution in [1.29, 1.82) is 0 Å². The fourth-order valence-electron chi connectivity index (χ4n) is 1.45. The van der Waals surface area contributed by atoms with Crippen LogP contribution in [0.3, 0.4) is 0 Å². The molecule has 0 bridgehead atoms. The molecule has 16 heavy (non-hydrogen) atoms. The molecule has 0 unspecified atom stereocenters. The van der Waals surface area contributed by atoms with E-state index in [-0.39, 0.29) is 6.61 Å². The Morgan fingerprint density at radius 1 is 1.25 bits per heavy atom. The third-order valence-electron chi connectivity index (χ3n) is 2.15. The summed E-state index contributed by atoms with van der Waals surface area (Å²) in [7, 11) is 1.52. The molecule has 0 saturated heterocycles. The third-order valence-corrected chi connectivity index (χ3v) is 2.46. The summed E-state index contributed by atoms with van der Waals surface area (Å²) in [6, 6.07) is 3.64. The Morgan fingerprint density at radius 3 is 2.62 bits per heavy atom. The second kappa shape index (κ2) is 4.31. The zero-order valence-electron chi connectivity index (χ0n) is 8.43. The Hall–Kier alpha value is -1.26. The highest BCUT2D eigenvalue weighted by atomic mass is 35.5. The van der Waals surface area contributed by atoms with Crippen molar-refractivity contribution in [2.75, 3.05) is 7.11 Å². The minimum absolute atomic E-state index is 0.272. The van der Waals surface area contributed by atoms with Crippen LogP contribution in [0.4, 0.5) is 8.78 Å². The largest absolute Gasteiger partial charge is 0.378 e. The monoisotopic (exact) mass is 243 g/mol. The van der Waals surface area contributed by atoms with E-state index in [2.05, 4.69) is 4.98 Å². The molecule has 0 saturated carbocycles. The maximum Gasteiger partial charge on any atom is 0.161 e. The molecule has 2 nitrogen and oxygen atoms in total. The van der Waals surface area contributed by atoms with Crippen molar-refractivity contribution < 1.29 is 13.5 Å². The second-order valence-electron chi connectivity index (χ2n) is 3.31. The van der Waals surface area contributed by atoms with Gasteiger partial charge in [0.2, 0.25) is 0 Å². The van der Waals surface area contributed by atoms with E-state index in [0.717, 1.165) is 12.1 Å². The van der Waals surface area contributed by atoms with E-state index in [4.69, 9.17) is 16.3 Å². The molecule has 5 heteroatoms. The van der Waals surface area contributed by atoms with E-state index in [0.29, 0.717) is 21.6 Å². The molecule has 1 aromatic heterocycles. The van der Waals surface area contributed by atoms with Crippen LogP contribution in [0, 0.1) is 11.6 Å². The number of fused-ring (bicyclic) bond motifs is 1. The summed E-state index contributed by atoms with van der Waals surface area (Å²) in [6.07, 6.45) is 0. The number of ether oxygens (including phenoxy) is 1. The zero-order chi connectivity index (χ0) is 11.7. The predicted octanol–water partition coefficient (Wildman–Crippen LogP) is 3.31. The van der Waals surface area contributed by atoms with Crippen molar-refractivity contribution in [2.45, 2.75) is 6.61 Å². The molecule has 0 radical (unpaired) electrons. The molecule has 0 spiro atoms. The van der Waals surface area contributed by atoms with Gasteiger partial charge in [-0.05, 0) is 12.1 Å². The number of halogens is 3. The highest BCUT2D eigenvalue weighted by Gasteiger charge is 2.09. The van der Waals surface area contributed by atoms with Crippen LogP contribution in [-0.2, 0) is 11.3 Å². The molecule has 0 fully saturated rings. The molecule has 1 heterocycles. The molecule has 2 aromatic rings. The number of hydrogen-bond acceptors (Lipinski definition) is 2. The molecule has 0 atom stereocenters. The number of methoxy groups -OCH3 is 1. The number of pyridine rings is 1. The molecule has 2 rings (SSSR count). The van der Waals surface area contributed by atoms with Gasteiger partial charge in [-0.3, -0.25) is 4.98 Å². The third kappa shape index (κ3) is 1.99. The first-order chi connectivity index (χ1) is 7.61. The van der Waals surface area contributed by atoms with E-state index in [9.17, 15) is 8.78 Å². The van der Waals surface area contributed by atoms with Crippen LogP contribution in [-0.4, -0.2) is 12.1 Å². The molecular formula is C11H8ClF2NO. The lowest BCUT2D eigenvalue weighted by Crippen LogP contribution is -1.95. The Morgan fingerprint density at radius 2 is 1.94 bits per heavy atom. The van der Waals surface area contributed by atoms with Gasteiger partial charge in [-0.15, -0.1) is 0 Å². The van der Waals surface area contributed by atoms with E-state index in [1.165, 1.54) is 7.11 Å². The van der Waals surface area contributed by atoms with Gasteiger partial charge >= 0.3 is 0 Å². The lowest BCUT2D eigenvalue weighted by atomic mass is 10.2. The zero-order valence-corrected chi connectivity index (χ0v) is 9.18. The number of aromatic nitrogens is 1. The van der Waals surface area contributed by atoms with Crippen LogP contribution < -0.4 is 0 Å². The summed E-state index contributed by atoms with van der Waals surface area (Å²) >= 11 is 5.94. The summed E-state index contributed by atoms with van der Waals surface area (Å²) in [6.45, 7) is 0.272. The Kier molecular flexibility index (Phi) is 3.03. The number of rotatable bonds is 2. The van der Waals surface area contributed by atoms with Gasteiger partial charge in [0.25, 0.3) is 0 Å². The van der Waals surface area contributed by atoms with E-state index >= 15 is 0 Å². The first-order valence-corrected chi connectivity index (χ1v) is 4.92. The Bertz CT molecular complexity index is 545. The van der Waals surface area contributed by atoms with Gasteiger partial charge in [0.15, 0.2) is 11.6 Å². The summed E-state index contributed by atoms with van der Waals surface area (Å²) in [5.41, 5.74) is 0.893. The van der Waals surface area contributed by atoms with E-state index in [1.54, 1.807) is 6.07 Å². The highest BCUT2D eigenvalue weighted by Crippen LogP contribution is 2.25. The molecule has 0 aliphatic heterocycles. The van der Waals surface area contributed by atoms with Gasteiger partial charge in [-0.25, -0.2) is 8.78 Å². The van der Waals surface area contributed by atoms with Gasteiger partial charge in [0, 0.05) is 18.6 Å². The fraction of sp³-hybridized carbons (Fsp3) is 0.182. The van der Waals surface area contributed by atoms with Crippen LogP contribution in [0.5, 0.6) is 0 Å². The standard InChI is InChI=1S/C11H8ClF2NO/c1-16-5-6-2-8(12)7-3-9(13)10(14)4-11(7)15-6/h2-4H,5H2,1H3. The van der Waals surface area contributed by atoms with Crippen molar-refractivity contribution in [3.63, 3.8) is 0 Å². The lowest BCUT2D eigenvalue weighted by Gasteiger charge is -2.05. The first kappa shape index (κ1) is 11.2.